The monoisotopic (exact) mass is 424 g/mol. The average Bonchev–Trinajstić information content (AvgIpc) is 3.15. The molecule has 1 aromatic heterocycles. The highest BCUT2D eigenvalue weighted by atomic mass is 32.1. The van der Waals surface area contributed by atoms with E-state index >= 15 is 0 Å². The number of non-ortho nitro benzene ring substituents is 1. The highest BCUT2D eigenvalue weighted by Crippen LogP contribution is 2.17. The molecule has 152 valence electrons. The molecule has 0 radical (unpaired) electrons. The van der Waals surface area contributed by atoms with E-state index in [1.807, 2.05) is 13.0 Å². The Balaban J connectivity index is 1.50. The number of nitro benzene ring substituents is 1. The van der Waals surface area contributed by atoms with Crippen LogP contribution < -0.4 is 10.7 Å². The van der Waals surface area contributed by atoms with E-state index < -0.39 is 10.8 Å². The molecule has 0 fully saturated rings. The molecule has 3 rings (SSSR count). The van der Waals surface area contributed by atoms with Crippen LogP contribution in [-0.4, -0.2) is 33.1 Å². The Morgan fingerprint density at radius 3 is 2.67 bits per heavy atom. The number of nitrogens with zero attached hydrogens (tertiary/aromatic N) is 4. The van der Waals surface area contributed by atoms with E-state index in [1.165, 1.54) is 30.5 Å². The third-order valence-electron chi connectivity index (χ3n) is 3.79. The number of carbonyl (C=O) groups is 2. The third kappa shape index (κ3) is 5.75. The molecule has 0 aliphatic heterocycles. The van der Waals surface area contributed by atoms with Crippen LogP contribution in [0.15, 0.2) is 53.6 Å². The number of rotatable bonds is 7. The van der Waals surface area contributed by atoms with E-state index in [2.05, 4.69) is 26.0 Å². The van der Waals surface area contributed by atoms with Crippen molar-refractivity contribution in [2.75, 3.05) is 5.32 Å². The van der Waals surface area contributed by atoms with Gasteiger partial charge in [0.25, 0.3) is 11.6 Å². The van der Waals surface area contributed by atoms with Gasteiger partial charge in [-0.05, 0) is 36.8 Å². The number of hydrazone groups is 1. The second-order valence-electron chi connectivity index (χ2n) is 6.14. The minimum absolute atomic E-state index is 0.0299. The molecule has 2 amide bonds. The number of nitrogens with one attached hydrogen (secondary N) is 2. The van der Waals surface area contributed by atoms with Crippen molar-refractivity contribution in [3.05, 3.63) is 80.3 Å². The minimum Gasteiger partial charge on any atom is -0.296 e. The molecule has 0 saturated heterocycles. The average molecular weight is 424 g/mol. The van der Waals surface area contributed by atoms with Crippen LogP contribution in [-0.2, 0) is 11.2 Å². The lowest BCUT2D eigenvalue weighted by atomic mass is 10.1. The van der Waals surface area contributed by atoms with Gasteiger partial charge < -0.3 is 0 Å². The second-order valence-corrected chi connectivity index (χ2v) is 7.21. The summed E-state index contributed by atoms with van der Waals surface area (Å²) in [6.45, 7) is 1.89. The summed E-state index contributed by atoms with van der Waals surface area (Å²) >= 11 is 1.09. The molecule has 30 heavy (non-hydrogen) atoms. The molecule has 0 aliphatic carbocycles. The normalized spacial score (nSPS) is 10.7. The predicted molar refractivity (Wildman–Crippen MR) is 112 cm³/mol. The highest BCUT2D eigenvalue weighted by Gasteiger charge is 2.12. The van der Waals surface area contributed by atoms with Crippen molar-refractivity contribution in [1.29, 1.82) is 0 Å². The van der Waals surface area contributed by atoms with Gasteiger partial charge in [0.1, 0.15) is 5.01 Å². The highest BCUT2D eigenvalue weighted by molar-refractivity contribution is 7.15. The smallest absolute Gasteiger partial charge is 0.269 e. The lowest BCUT2D eigenvalue weighted by Gasteiger charge is -2.01. The molecule has 0 spiro atoms. The molecule has 0 bridgehead atoms. The van der Waals surface area contributed by atoms with Gasteiger partial charge in [0.15, 0.2) is 0 Å². The van der Waals surface area contributed by atoms with Gasteiger partial charge in [-0.2, -0.15) is 5.10 Å². The Labute approximate surface area is 174 Å². The second kappa shape index (κ2) is 9.47. The lowest BCUT2D eigenvalue weighted by molar-refractivity contribution is -0.384. The van der Waals surface area contributed by atoms with Gasteiger partial charge in [-0.1, -0.05) is 29.0 Å². The van der Waals surface area contributed by atoms with Crippen molar-refractivity contribution in [3.8, 4) is 0 Å². The molecular weight excluding hydrogens is 408 g/mol. The zero-order valence-corrected chi connectivity index (χ0v) is 16.5. The molecule has 3 aromatic rings. The fourth-order valence-corrected chi connectivity index (χ4v) is 3.10. The number of aromatic nitrogens is 2. The summed E-state index contributed by atoms with van der Waals surface area (Å²) in [6.07, 6.45) is 1.31. The molecule has 0 unspecified atom stereocenters. The first-order valence-electron chi connectivity index (χ1n) is 8.67. The number of aryl methyl sites for hydroxylation is 1. The number of nitro groups is 1. The summed E-state index contributed by atoms with van der Waals surface area (Å²) in [5.74, 6) is -0.723. The topological polar surface area (TPSA) is 139 Å². The van der Waals surface area contributed by atoms with Crippen LogP contribution in [0.2, 0.25) is 0 Å². The first-order valence-corrected chi connectivity index (χ1v) is 9.49. The van der Waals surface area contributed by atoms with Crippen LogP contribution in [0.5, 0.6) is 0 Å². The summed E-state index contributed by atoms with van der Waals surface area (Å²) in [5, 5.41) is 25.5. The zero-order valence-electron chi connectivity index (χ0n) is 15.7. The largest absolute Gasteiger partial charge is 0.296 e. The minimum atomic E-state index is -0.498. The summed E-state index contributed by atoms with van der Waals surface area (Å²) < 4.78 is 0. The van der Waals surface area contributed by atoms with Crippen LogP contribution >= 0.6 is 11.3 Å². The Hall–Kier alpha value is -3.99. The van der Waals surface area contributed by atoms with E-state index in [-0.39, 0.29) is 18.0 Å². The standard InChI is InChI=1S/C19H16N6O4S/c1-12-3-2-4-14(9-12)18(27)21-19-24-23-17(30-19)10-16(26)22-20-11-13-5-7-15(8-6-13)25(28)29/h2-9,11H,10H2,1H3,(H,22,26)(H,21,24,27)/b20-11-. The molecule has 2 aromatic carbocycles. The van der Waals surface area contributed by atoms with Crippen LogP contribution in [0.1, 0.15) is 26.5 Å². The van der Waals surface area contributed by atoms with Crippen LogP contribution in [0, 0.1) is 17.0 Å². The van der Waals surface area contributed by atoms with E-state index in [0.29, 0.717) is 21.3 Å². The van der Waals surface area contributed by atoms with Gasteiger partial charge in [-0.3, -0.25) is 25.0 Å². The van der Waals surface area contributed by atoms with E-state index in [9.17, 15) is 19.7 Å². The summed E-state index contributed by atoms with van der Waals surface area (Å²) in [4.78, 5) is 34.3. The Morgan fingerprint density at radius 1 is 1.20 bits per heavy atom. The van der Waals surface area contributed by atoms with Crippen molar-refractivity contribution in [2.45, 2.75) is 13.3 Å². The maximum Gasteiger partial charge on any atom is 0.269 e. The van der Waals surface area contributed by atoms with Crippen molar-refractivity contribution >= 4 is 40.2 Å². The fraction of sp³-hybridized carbons (Fsp3) is 0.105. The van der Waals surface area contributed by atoms with Crippen molar-refractivity contribution < 1.29 is 14.5 Å². The molecule has 0 saturated carbocycles. The van der Waals surface area contributed by atoms with Crippen LogP contribution in [0.3, 0.4) is 0 Å². The number of benzene rings is 2. The van der Waals surface area contributed by atoms with E-state index in [4.69, 9.17) is 0 Å². The van der Waals surface area contributed by atoms with Crippen molar-refractivity contribution in [1.82, 2.24) is 15.6 Å². The summed E-state index contributed by atoms with van der Waals surface area (Å²) in [5.41, 5.74) is 4.38. The first-order chi connectivity index (χ1) is 14.4. The first kappa shape index (κ1) is 20.7. The lowest BCUT2D eigenvalue weighted by Crippen LogP contribution is -2.19. The molecular formula is C19H16N6O4S. The fourth-order valence-electron chi connectivity index (χ4n) is 2.37. The van der Waals surface area contributed by atoms with Gasteiger partial charge in [0, 0.05) is 17.7 Å². The van der Waals surface area contributed by atoms with Gasteiger partial charge in [0.05, 0.1) is 17.6 Å². The number of amides is 2. The quantitative estimate of drug-likeness (QED) is 0.339. The van der Waals surface area contributed by atoms with Crippen molar-refractivity contribution in [2.24, 2.45) is 5.10 Å². The zero-order chi connectivity index (χ0) is 21.5. The molecule has 10 nitrogen and oxygen atoms in total. The van der Waals surface area contributed by atoms with Gasteiger partial charge in [-0.25, -0.2) is 5.43 Å². The maximum absolute atomic E-state index is 12.2. The van der Waals surface area contributed by atoms with Crippen LogP contribution in [0.25, 0.3) is 0 Å². The molecule has 0 aliphatic rings. The molecule has 2 N–H and O–H groups in total. The van der Waals surface area contributed by atoms with E-state index in [0.717, 1.165) is 16.9 Å². The Morgan fingerprint density at radius 2 is 1.97 bits per heavy atom. The SMILES string of the molecule is Cc1cccc(C(=O)Nc2nnc(CC(=O)N/N=C\c3ccc([N+](=O)[O-])cc3)s2)c1. The van der Waals surface area contributed by atoms with E-state index in [1.54, 1.807) is 18.2 Å². The summed E-state index contributed by atoms with van der Waals surface area (Å²) in [6, 6.07) is 12.9. The third-order valence-corrected chi connectivity index (χ3v) is 4.62. The van der Waals surface area contributed by atoms with Gasteiger partial charge in [0.2, 0.25) is 11.0 Å². The van der Waals surface area contributed by atoms with Gasteiger partial charge >= 0.3 is 0 Å². The molecule has 11 heteroatoms. The number of anilines is 1. The summed E-state index contributed by atoms with van der Waals surface area (Å²) in [7, 11) is 0. The predicted octanol–water partition coefficient (Wildman–Crippen LogP) is 2.70. The Kier molecular flexibility index (Phi) is 6.55. The molecule has 0 atom stereocenters. The number of carbonyl (C=O) groups excluding carboxylic acids is 2. The number of hydrogen-bond acceptors (Lipinski definition) is 8. The number of hydrogen-bond donors (Lipinski definition) is 2. The molecule has 1 heterocycles. The maximum atomic E-state index is 12.2. The van der Waals surface area contributed by atoms with Gasteiger partial charge in [-0.15, -0.1) is 10.2 Å². The van der Waals surface area contributed by atoms with Crippen LogP contribution in [0.4, 0.5) is 10.8 Å². The van der Waals surface area contributed by atoms with Crippen molar-refractivity contribution in [3.63, 3.8) is 0 Å². The Bertz CT molecular complexity index is 1110.